The third-order valence-electron chi connectivity index (χ3n) is 4.81. The Bertz CT molecular complexity index is 999. The summed E-state index contributed by atoms with van der Waals surface area (Å²) >= 11 is 0. The summed E-state index contributed by atoms with van der Waals surface area (Å²) in [5.41, 5.74) is -0.341. The zero-order valence-electron chi connectivity index (χ0n) is 15.2. The average Bonchev–Trinajstić information content (AvgIpc) is 2.72. The first kappa shape index (κ1) is 21.3. The van der Waals surface area contributed by atoms with E-state index in [1.54, 1.807) is 0 Å². The quantitative estimate of drug-likeness (QED) is 0.717. The number of nitrogens with one attached hydrogen (secondary N) is 1. The zero-order valence-corrected chi connectivity index (χ0v) is 16.1. The lowest BCUT2D eigenvalue weighted by Gasteiger charge is -2.30. The molecule has 0 aromatic heterocycles. The van der Waals surface area contributed by atoms with E-state index in [0.29, 0.717) is 25.0 Å². The Morgan fingerprint density at radius 2 is 1.72 bits per heavy atom. The standard InChI is InChI=1S/C19H19F3N2O4S/c20-16-9-14(10-17(21)18(16)22)23-19(26)13-2-1-3-15(8-13)29(27,28)24-6-4-12(11-25)5-7-24/h1-3,8-10,12,25H,4-7,11H2,(H,23,26). The number of carbonyl (C=O) groups is 1. The van der Waals surface area contributed by atoms with Gasteiger partial charge in [-0.15, -0.1) is 0 Å². The Morgan fingerprint density at radius 3 is 2.31 bits per heavy atom. The smallest absolute Gasteiger partial charge is 0.255 e. The number of aliphatic hydroxyl groups excluding tert-OH is 1. The molecule has 3 rings (SSSR count). The van der Waals surface area contributed by atoms with Crippen molar-refractivity contribution in [1.82, 2.24) is 4.31 Å². The molecule has 29 heavy (non-hydrogen) atoms. The molecule has 1 aliphatic heterocycles. The second-order valence-corrected chi connectivity index (χ2v) is 8.70. The number of hydrogen-bond acceptors (Lipinski definition) is 4. The SMILES string of the molecule is O=C(Nc1cc(F)c(F)c(F)c1)c1cccc(S(=O)(=O)N2CCC(CO)CC2)c1. The van der Waals surface area contributed by atoms with Gasteiger partial charge in [-0.1, -0.05) is 6.07 Å². The summed E-state index contributed by atoms with van der Waals surface area (Å²) in [6.45, 7) is 0.532. The van der Waals surface area contributed by atoms with E-state index >= 15 is 0 Å². The van der Waals surface area contributed by atoms with Crippen LogP contribution in [0.3, 0.4) is 0 Å². The topological polar surface area (TPSA) is 86.7 Å². The van der Waals surface area contributed by atoms with E-state index in [0.717, 1.165) is 0 Å². The van der Waals surface area contributed by atoms with Gasteiger partial charge in [0, 0.05) is 43.1 Å². The molecule has 2 aromatic carbocycles. The zero-order chi connectivity index (χ0) is 21.2. The molecule has 0 spiro atoms. The highest BCUT2D eigenvalue weighted by molar-refractivity contribution is 7.89. The molecule has 1 amide bonds. The number of hydrogen-bond donors (Lipinski definition) is 2. The highest BCUT2D eigenvalue weighted by atomic mass is 32.2. The molecule has 0 bridgehead atoms. The maximum Gasteiger partial charge on any atom is 0.255 e. The second kappa shape index (κ2) is 8.52. The van der Waals surface area contributed by atoms with Crippen molar-refractivity contribution in [2.45, 2.75) is 17.7 Å². The maximum absolute atomic E-state index is 13.3. The second-order valence-electron chi connectivity index (χ2n) is 6.77. The molecule has 0 saturated carbocycles. The third kappa shape index (κ3) is 4.60. The fourth-order valence-corrected chi connectivity index (χ4v) is 4.63. The molecule has 156 valence electrons. The van der Waals surface area contributed by atoms with Gasteiger partial charge in [0.25, 0.3) is 5.91 Å². The molecule has 1 saturated heterocycles. The summed E-state index contributed by atoms with van der Waals surface area (Å²) in [7, 11) is -3.84. The molecule has 10 heteroatoms. The number of benzene rings is 2. The largest absolute Gasteiger partial charge is 0.396 e. The van der Waals surface area contributed by atoms with Gasteiger partial charge in [-0.3, -0.25) is 4.79 Å². The fraction of sp³-hybridized carbons (Fsp3) is 0.316. The van der Waals surface area contributed by atoms with E-state index in [1.807, 2.05) is 0 Å². The van der Waals surface area contributed by atoms with Crippen molar-refractivity contribution in [3.63, 3.8) is 0 Å². The van der Waals surface area contributed by atoms with Crippen molar-refractivity contribution in [3.05, 3.63) is 59.4 Å². The van der Waals surface area contributed by atoms with Crippen molar-refractivity contribution >= 4 is 21.6 Å². The summed E-state index contributed by atoms with van der Waals surface area (Å²) in [4.78, 5) is 12.3. The molecule has 2 aromatic rings. The number of rotatable bonds is 5. The first-order valence-electron chi connectivity index (χ1n) is 8.89. The minimum absolute atomic E-state index is 0.00805. The summed E-state index contributed by atoms with van der Waals surface area (Å²) in [6, 6.07) is 6.50. The van der Waals surface area contributed by atoms with Crippen molar-refractivity contribution in [1.29, 1.82) is 0 Å². The highest BCUT2D eigenvalue weighted by Gasteiger charge is 2.29. The molecule has 6 nitrogen and oxygen atoms in total. The molecule has 1 aliphatic rings. The Balaban J connectivity index is 1.79. The van der Waals surface area contributed by atoms with Crippen LogP contribution in [0.15, 0.2) is 41.3 Å². The predicted octanol–water partition coefficient (Wildman–Crippen LogP) is 2.75. The minimum atomic E-state index is -3.84. The van der Waals surface area contributed by atoms with E-state index < -0.39 is 33.4 Å². The van der Waals surface area contributed by atoms with Crippen LogP contribution in [0.25, 0.3) is 0 Å². The van der Waals surface area contributed by atoms with Gasteiger partial charge >= 0.3 is 0 Å². The molecule has 1 fully saturated rings. The summed E-state index contributed by atoms with van der Waals surface area (Å²) in [6.07, 6.45) is 1.08. The maximum atomic E-state index is 13.3. The lowest BCUT2D eigenvalue weighted by atomic mass is 10.00. The molecular formula is C19H19F3N2O4S. The van der Waals surface area contributed by atoms with Crippen LogP contribution in [0, 0.1) is 23.4 Å². The van der Waals surface area contributed by atoms with Gasteiger partial charge in [-0.25, -0.2) is 21.6 Å². The van der Waals surface area contributed by atoms with Gasteiger partial charge < -0.3 is 10.4 Å². The Morgan fingerprint density at radius 1 is 1.10 bits per heavy atom. The molecular weight excluding hydrogens is 409 g/mol. The van der Waals surface area contributed by atoms with E-state index in [4.69, 9.17) is 0 Å². The summed E-state index contributed by atoms with van der Waals surface area (Å²) < 4.78 is 66.6. The molecule has 1 heterocycles. The first-order valence-corrected chi connectivity index (χ1v) is 10.3. The highest BCUT2D eigenvalue weighted by Crippen LogP contribution is 2.24. The predicted molar refractivity (Wildman–Crippen MR) is 99.3 cm³/mol. The van der Waals surface area contributed by atoms with E-state index in [2.05, 4.69) is 5.32 Å². The average molecular weight is 428 g/mol. The van der Waals surface area contributed by atoms with Gasteiger partial charge in [0.2, 0.25) is 10.0 Å². The fourth-order valence-electron chi connectivity index (χ4n) is 3.11. The Labute approximate surface area is 166 Å². The summed E-state index contributed by atoms with van der Waals surface area (Å²) in [5.74, 6) is -5.30. The number of piperidine rings is 1. The Kier molecular flexibility index (Phi) is 6.25. The number of amides is 1. The normalized spacial score (nSPS) is 16.0. The van der Waals surface area contributed by atoms with Gasteiger partial charge in [-0.2, -0.15) is 4.31 Å². The molecule has 0 aliphatic carbocycles. The van der Waals surface area contributed by atoms with E-state index in [9.17, 15) is 31.5 Å². The van der Waals surface area contributed by atoms with Gasteiger partial charge in [-0.05, 0) is 37.0 Å². The van der Waals surface area contributed by atoms with Gasteiger partial charge in [0.15, 0.2) is 17.5 Å². The van der Waals surface area contributed by atoms with Crippen molar-refractivity contribution < 1.29 is 31.5 Å². The van der Waals surface area contributed by atoms with Gasteiger partial charge in [0.1, 0.15) is 0 Å². The number of sulfonamides is 1. The van der Waals surface area contributed by atoms with Crippen LogP contribution < -0.4 is 5.32 Å². The Hall–Kier alpha value is -2.43. The van der Waals surface area contributed by atoms with Crippen LogP contribution >= 0.6 is 0 Å². The van der Waals surface area contributed by atoms with Crippen LogP contribution in [0.4, 0.5) is 18.9 Å². The molecule has 0 atom stereocenters. The molecule has 0 unspecified atom stereocenters. The number of carbonyl (C=O) groups excluding carboxylic acids is 1. The van der Waals surface area contributed by atoms with Crippen LogP contribution in [0.5, 0.6) is 0 Å². The van der Waals surface area contributed by atoms with Crippen molar-refractivity contribution in [2.75, 3.05) is 25.0 Å². The van der Waals surface area contributed by atoms with E-state index in [-0.39, 0.29) is 41.8 Å². The number of halogens is 3. The number of anilines is 1. The monoisotopic (exact) mass is 428 g/mol. The number of nitrogens with zero attached hydrogens (tertiary/aromatic N) is 1. The van der Waals surface area contributed by atoms with Crippen LogP contribution in [0.2, 0.25) is 0 Å². The first-order chi connectivity index (χ1) is 13.7. The van der Waals surface area contributed by atoms with Crippen LogP contribution in [-0.4, -0.2) is 43.4 Å². The molecule has 2 N–H and O–H groups in total. The third-order valence-corrected chi connectivity index (χ3v) is 6.70. The number of aliphatic hydroxyl groups is 1. The van der Waals surface area contributed by atoms with Crippen LogP contribution in [0.1, 0.15) is 23.2 Å². The van der Waals surface area contributed by atoms with Crippen molar-refractivity contribution in [3.8, 4) is 0 Å². The van der Waals surface area contributed by atoms with Gasteiger partial charge in [0.05, 0.1) is 4.90 Å². The van der Waals surface area contributed by atoms with Crippen molar-refractivity contribution in [2.24, 2.45) is 5.92 Å². The molecule has 0 radical (unpaired) electrons. The lowest BCUT2D eigenvalue weighted by molar-refractivity contribution is 0.102. The summed E-state index contributed by atoms with van der Waals surface area (Å²) in [5, 5.41) is 11.4. The minimum Gasteiger partial charge on any atom is -0.396 e. The van der Waals surface area contributed by atoms with E-state index in [1.165, 1.54) is 28.6 Å². The van der Waals surface area contributed by atoms with Crippen LogP contribution in [-0.2, 0) is 10.0 Å². The lowest BCUT2D eigenvalue weighted by Crippen LogP contribution is -2.39.